The molecule has 2 aliphatic rings. The van der Waals surface area contributed by atoms with Crippen molar-refractivity contribution >= 4 is 23.4 Å². The molecule has 154 valence electrons. The second-order valence-corrected chi connectivity index (χ2v) is 7.46. The van der Waals surface area contributed by atoms with Gasteiger partial charge in [-0.1, -0.05) is 0 Å². The molecule has 1 atom stereocenters. The molecule has 1 amide bonds. The molecule has 0 unspecified atom stereocenters. The molecule has 1 aromatic carbocycles. The van der Waals surface area contributed by atoms with E-state index >= 15 is 0 Å². The van der Waals surface area contributed by atoms with Crippen molar-refractivity contribution in [2.45, 2.75) is 44.9 Å². The van der Waals surface area contributed by atoms with E-state index in [0.717, 1.165) is 12.8 Å². The van der Waals surface area contributed by atoms with Gasteiger partial charge in [-0.25, -0.2) is 9.37 Å². The molecule has 0 bridgehead atoms. The van der Waals surface area contributed by atoms with Gasteiger partial charge in [0.25, 0.3) is 0 Å². The van der Waals surface area contributed by atoms with Gasteiger partial charge >= 0.3 is 0 Å². The van der Waals surface area contributed by atoms with Gasteiger partial charge in [0.05, 0.1) is 12.8 Å². The Morgan fingerprint density at radius 2 is 2.03 bits per heavy atom. The first-order valence-electron chi connectivity index (χ1n) is 9.54. The lowest BCUT2D eigenvalue weighted by molar-refractivity contribution is -0.117. The molecule has 1 aliphatic heterocycles. The fourth-order valence-electron chi connectivity index (χ4n) is 3.49. The highest BCUT2D eigenvalue weighted by molar-refractivity contribution is 6.03. The molecule has 1 aliphatic carbocycles. The number of rotatable bonds is 5. The molecule has 9 heteroatoms. The average molecular weight is 401 g/mol. The Bertz CT molecular complexity index is 948. The molecule has 0 saturated heterocycles. The zero-order chi connectivity index (χ0) is 20.7. The Balaban J connectivity index is 1.40. The van der Waals surface area contributed by atoms with Gasteiger partial charge in [-0.2, -0.15) is 4.98 Å². The molecule has 2 N–H and O–H groups in total. The lowest BCUT2D eigenvalue weighted by Crippen LogP contribution is -2.45. The number of aromatic nitrogens is 2. The Kier molecular flexibility index (Phi) is 4.89. The fraction of sp³-hybridized carbons (Fsp3) is 0.450. The number of aryl methyl sites for hydroxylation is 1. The number of ether oxygens (including phenoxy) is 2. The van der Waals surface area contributed by atoms with E-state index in [0.29, 0.717) is 34.6 Å². The predicted molar refractivity (Wildman–Crippen MR) is 107 cm³/mol. The van der Waals surface area contributed by atoms with E-state index in [1.165, 1.54) is 19.2 Å². The average Bonchev–Trinajstić information content (AvgIpc) is 2.66. The van der Waals surface area contributed by atoms with Gasteiger partial charge in [-0.05, 0) is 26.0 Å². The number of carbonyl (C=O) groups excluding carboxylic acids is 1. The number of likely N-dealkylation sites (N-methyl/N-ethyl adjacent to an activating group) is 1. The van der Waals surface area contributed by atoms with E-state index in [4.69, 9.17) is 9.47 Å². The number of hydrogen-bond donors (Lipinski definition) is 2. The first kappa shape index (κ1) is 19.2. The molecule has 1 saturated carbocycles. The van der Waals surface area contributed by atoms with Crippen molar-refractivity contribution in [3.05, 3.63) is 29.7 Å². The van der Waals surface area contributed by atoms with E-state index < -0.39 is 0 Å². The number of amides is 1. The summed E-state index contributed by atoms with van der Waals surface area (Å²) in [6.45, 7) is 3.68. The van der Waals surface area contributed by atoms with Crippen LogP contribution in [0.2, 0.25) is 0 Å². The van der Waals surface area contributed by atoms with Crippen LogP contribution in [0.15, 0.2) is 18.2 Å². The molecule has 0 spiro atoms. The Morgan fingerprint density at radius 3 is 2.76 bits per heavy atom. The zero-order valence-corrected chi connectivity index (χ0v) is 16.8. The number of halogens is 1. The highest BCUT2D eigenvalue weighted by Gasteiger charge is 2.34. The van der Waals surface area contributed by atoms with Crippen molar-refractivity contribution in [3.8, 4) is 11.5 Å². The highest BCUT2D eigenvalue weighted by Crippen LogP contribution is 2.35. The number of methoxy groups -OCH3 is 1. The molecule has 1 fully saturated rings. The first-order chi connectivity index (χ1) is 13.9. The third-order valence-corrected chi connectivity index (χ3v) is 5.46. The van der Waals surface area contributed by atoms with Crippen molar-refractivity contribution in [1.29, 1.82) is 0 Å². The van der Waals surface area contributed by atoms with Crippen LogP contribution in [-0.4, -0.2) is 48.2 Å². The van der Waals surface area contributed by atoms with Crippen LogP contribution in [-0.2, 0) is 4.79 Å². The molecule has 0 radical (unpaired) electrons. The van der Waals surface area contributed by atoms with Crippen molar-refractivity contribution in [3.63, 3.8) is 0 Å². The molecule has 8 nitrogen and oxygen atoms in total. The van der Waals surface area contributed by atoms with Gasteiger partial charge in [-0.3, -0.25) is 4.79 Å². The number of fused-ring (bicyclic) bond motifs is 1. The van der Waals surface area contributed by atoms with Crippen LogP contribution in [0.1, 0.15) is 25.5 Å². The number of nitrogens with zero attached hydrogens (tertiary/aromatic N) is 3. The smallest absolute Gasteiger partial charge is 0.246 e. The normalized spacial score (nSPS) is 23.0. The summed E-state index contributed by atoms with van der Waals surface area (Å²) in [6, 6.07) is 4.12. The SMILES string of the molecule is COc1cc(F)ccc1O[C@H]1C[C@H](Nc2nc(C)c3c(n2)N(C)[C@@H](C)C(=O)N3)C1. The molecule has 2 heterocycles. The largest absolute Gasteiger partial charge is 0.493 e. The molecular weight excluding hydrogens is 377 g/mol. The summed E-state index contributed by atoms with van der Waals surface area (Å²) in [5, 5.41) is 6.21. The third-order valence-electron chi connectivity index (χ3n) is 5.46. The summed E-state index contributed by atoms with van der Waals surface area (Å²) >= 11 is 0. The Hall–Kier alpha value is -3.10. The van der Waals surface area contributed by atoms with Crippen LogP contribution in [0.5, 0.6) is 11.5 Å². The van der Waals surface area contributed by atoms with Crippen molar-refractivity contribution in [1.82, 2.24) is 9.97 Å². The molecule has 29 heavy (non-hydrogen) atoms. The Labute approximate surface area is 168 Å². The minimum atomic E-state index is -0.363. The van der Waals surface area contributed by atoms with Crippen LogP contribution in [0.4, 0.5) is 21.8 Å². The number of hydrogen-bond acceptors (Lipinski definition) is 7. The minimum Gasteiger partial charge on any atom is -0.493 e. The van der Waals surface area contributed by atoms with Crippen molar-refractivity contribution < 1.29 is 18.7 Å². The second-order valence-electron chi connectivity index (χ2n) is 7.46. The monoisotopic (exact) mass is 401 g/mol. The van der Waals surface area contributed by atoms with E-state index in [1.54, 1.807) is 6.07 Å². The van der Waals surface area contributed by atoms with Gasteiger partial charge in [0.1, 0.15) is 23.7 Å². The minimum absolute atomic E-state index is 0.00701. The van der Waals surface area contributed by atoms with Crippen LogP contribution in [0, 0.1) is 12.7 Å². The molecule has 4 rings (SSSR count). The number of benzene rings is 1. The maximum Gasteiger partial charge on any atom is 0.246 e. The van der Waals surface area contributed by atoms with Gasteiger partial charge < -0.3 is 25.0 Å². The van der Waals surface area contributed by atoms with Crippen LogP contribution in [0.3, 0.4) is 0 Å². The number of carbonyl (C=O) groups is 1. The zero-order valence-electron chi connectivity index (χ0n) is 16.8. The Morgan fingerprint density at radius 1 is 1.28 bits per heavy atom. The maximum atomic E-state index is 13.3. The highest BCUT2D eigenvalue weighted by atomic mass is 19.1. The van der Waals surface area contributed by atoms with Crippen LogP contribution in [0.25, 0.3) is 0 Å². The standard InChI is InChI=1S/C20H24FN5O3/c1-10-17-18(26(3)11(2)19(27)24-17)25-20(22-10)23-13-8-14(9-13)29-15-6-5-12(21)7-16(15)28-4/h5-7,11,13-14H,8-9H2,1-4H3,(H,24,27)(H,22,23,25)/t11-,13-,14-/m0/s1. The third kappa shape index (κ3) is 3.64. The predicted octanol–water partition coefficient (Wildman–Crippen LogP) is 2.73. The van der Waals surface area contributed by atoms with E-state index in [9.17, 15) is 9.18 Å². The summed E-state index contributed by atoms with van der Waals surface area (Å²) in [6.07, 6.45) is 1.54. The summed E-state index contributed by atoms with van der Waals surface area (Å²) in [7, 11) is 3.34. The van der Waals surface area contributed by atoms with Gasteiger partial charge in [0.2, 0.25) is 11.9 Å². The van der Waals surface area contributed by atoms with Crippen molar-refractivity contribution in [2.75, 3.05) is 29.7 Å². The fourth-order valence-corrected chi connectivity index (χ4v) is 3.49. The lowest BCUT2D eigenvalue weighted by Gasteiger charge is -2.37. The van der Waals surface area contributed by atoms with Gasteiger partial charge in [0.15, 0.2) is 17.3 Å². The topological polar surface area (TPSA) is 88.6 Å². The summed E-state index contributed by atoms with van der Waals surface area (Å²) in [5.41, 5.74) is 1.37. The summed E-state index contributed by atoms with van der Waals surface area (Å²) in [4.78, 5) is 22.9. The quantitative estimate of drug-likeness (QED) is 0.796. The molecule has 1 aromatic heterocycles. The van der Waals surface area contributed by atoms with E-state index in [1.807, 2.05) is 25.8 Å². The number of nitrogens with one attached hydrogen (secondary N) is 2. The van der Waals surface area contributed by atoms with E-state index in [2.05, 4.69) is 20.6 Å². The summed E-state index contributed by atoms with van der Waals surface area (Å²) in [5.74, 6) is 1.72. The first-order valence-corrected chi connectivity index (χ1v) is 9.54. The van der Waals surface area contributed by atoms with Gasteiger partial charge in [-0.15, -0.1) is 0 Å². The van der Waals surface area contributed by atoms with Crippen LogP contribution >= 0.6 is 0 Å². The van der Waals surface area contributed by atoms with Crippen molar-refractivity contribution in [2.24, 2.45) is 0 Å². The molecular formula is C20H24FN5O3. The summed E-state index contributed by atoms with van der Waals surface area (Å²) < 4.78 is 24.4. The van der Waals surface area contributed by atoms with Crippen LogP contribution < -0.4 is 25.0 Å². The van der Waals surface area contributed by atoms with Gasteiger partial charge in [0, 0.05) is 32.0 Å². The number of anilines is 3. The second kappa shape index (κ2) is 7.38. The van der Waals surface area contributed by atoms with E-state index in [-0.39, 0.29) is 29.9 Å². The lowest BCUT2D eigenvalue weighted by atomic mass is 9.89. The molecule has 2 aromatic rings. The maximum absolute atomic E-state index is 13.3.